The van der Waals surface area contributed by atoms with Crippen LogP contribution >= 0.6 is 0 Å². The fourth-order valence-electron chi connectivity index (χ4n) is 3.54. The predicted molar refractivity (Wildman–Crippen MR) is 124 cm³/mol. The zero-order valence-electron chi connectivity index (χ0n) is 18.3. The summed E-state index contributed by atoms with van der Waals surface area (Å²) in [5.74, 6) is 1.67. The van der Waals surface area contributed by atoms with Crippen molar-refractivity contribution < 1.29 is 4.74 Å². The van der Waals surface area contributed by atoms with Gasteiger partial charge in [-0.3, -0.25) is 9.89 Å². The van der Waals surface area contributed by atoms with Crippen LogP contribution < -0.4 is 15.4 Å². The third-order valence-electron chi connectivity index (χ3n) is 5.33. The Labute approximate surface area is 180 Å². The Morgan fingerprint density at radius 1 is 0.933 bits per heavy atom. The number of para-hydroxylation sites is 1. The number of benzene rings is 2. The van der Waals surface area contributed by atoms with Crippen LogP contribution in [0.2, 0.25) is 0 Å². The summed E-state index contributed by atoms with van der Waals surface area (Å²) < 4.78 is 5.70. The molecule has 0 spiro atoms. The van der Waals surface area contributed by atoms with Crippen molar-refractivity contribution in [3.05, 3.63) is 65.7 Å². The van der Waals surface area contributed by atoms with Crippen LogP contribution in [0.5, 0.6) is 5.75 Å². The van der Waals surface area contributed by atoms with E-state index in [0.717, 1.165) is 37.9 Å². The van der Waals surface area contributed by atoms with Gasteiger partial charge in [-0.2, -0.15) is 0 Å². The number of aliphatic imine (C=N–C) groups is 1. The molecule has 2 N–H and O–H groups in total. The summed E-state index contributed by atoms with van der Waals surface area (Å²) in [5.41, 5.74) is 2.63. The van der Waals surface area contributed by atoms with Crippen LogP contribution in [0.25, 0.3) is 0 Å². The van der Waals surface area contributed by atoms with E-state index in [0.29, 0.717) is 13.2 Å². The maximum atomic E-state index is 5.70. The van der Waals surface area contributed by atoms with Crippen LogP contribution in [-0.4, -0.2) is 69.2 Å². The molecule has 2 aromatic rings. The van der Waals surface area contributed by atoms with Gasteiger partial charge in [0.15, 0.2) is 5.96 Å². The van der Waals surface area contributed by atoms with Crippen molar-refractivity contribution in [1.82, 2.24) is 20.4 Å². The van der Waals surface area contributed by atoms with E-state index in [1.54, 1.807) is 7.05 Å². The van der Waals surface area contributed by atoms with Crippen molar-refractivity contribution in [3.63, 3.8) is 0 Å². The van der Waals surface area contributed by atoms with Crippen LogP contribution in [0.3, 0.4) is 0 Å². The van der Waals surface area contributed by atoms with Crippen LogP contribution in [0, 0.1) is 0 Å². The van der Waals surface area contributed by atoms with Crippen LogP contribution in [0.1, 0.15) is 17.5 Å². The molecule has 0 aromatic heterocycles. The molecule has 6 heteroatoms. The summed E-state index contributed by atoms with van der Waals surface area (Å²) in [7, 11) is 4.00. The number of rotatable bonds is 8. The van der Waals surface area contributed by atoms with E-state index >= 15 is 0 Å². The maximum Gasteiger partial charge on any atom is 0.191 e. The first-order chi connectivity index (χ1) is 14.7. The van der Waals surface area contributed by atoms with Crippen molar-refractivity contribution in [2.45, 2.75) is 19.5 Å². The predicted octanol–water partition coefficient (Wildman–Crippen LogP) is 2.57. The Hall–Kier alpha value is -2.57. The lowest BCUT2D eigenvalue weighted by Gasteiger charge is -2.20. The van der Waals surface area contributed by atoms with Gasteiger partial charge in [-0.25, -0.2) is 0 Å². The van der Waals surface area contributed by atoms with Crippen molar-refractivity contribution in [1.29, 1.82) is 0 Å². The molecule has 0 aliphatic carbocycles. The molecule has 162 valence electrons. The van der Waals surface area contributed by atoms with Gasteiger partial charge in [0.2, 0.25) is 0 Å². The largest absolute Gasteiger partial charge is 0.492 e. The van der Waals surface area contributed by atoms with Crippen molar-refractivity contribution in [3.8, 4) is 5.75 Å². The Kier molecular flexibility index (Phi) is 9.00. The summed E-state index contributed by atoms with van der Waals surface area (Å²) in [6.45, 7) is 7.75. The van der Waals surface area contributed by atoms with Crippen LogP contribution in [0.15, 0.2) is 59.6 Å². The van der Waals surface area contributed by atoms with Gasteiger partial charge in [0.05, 0.1) is 6.54 Å². The number of likely N-dealkylation sites (N-methyl/N-ethyl adjacent to an activating group) is 1. The highest BCUT2D eigenvalue weighted by Crippen LogP contribution is 2.10. The molecule has 0 amide bonds. The number of guanidine groups is 1. The molecule has 1 heterocycles. The van der Waals surface area contributed by atoms with Gasteiger partial charge in [0.1, 0.15) is 12.4 Å². The standard InChI is InChI=1S/C24H35N5O/c1-25-24(26-13-18-30-23-7-4-3-5-8-23)27-19-21-9-11-22(12-10-21)20-29-15-6-14-28(2)16-17-29/h3-5,7-12H,6,13-20H2,1-2H3,(H2,25,26,27). The zero-order valence-corrected chi connectivity index (χ0v) is 18.3. The summed E-state index contributed by atoms with van der Waals surface area (Å²) in [5, 5.41) is 6.65. The molecular formula is C24H35N5O. The smallest absolute Gasteiger partial charge is 0.191 e. The Morgan fingerprint density at radius 2 is 1.70 bits per heavy atom. The highest BCUT2D eigenvalue weighted by molar-refractivity contribution is 5.79. The van der Waals surface area contributed by atoms with E-state index in [-0.39, 0.29) is 0 Å². The molecule has 1 aliphatic heterocycles. The lowest BCUT2D eigenvalue weighted by atomic mass is 10.1. The molecule has 2 aromatic carbocycles. The molecule has 1 fully saturated rings. The minimum absolute atomic E-state index is 0.589. The van der Waals surface area contributed by atoms with E-state index < -0.39 is 0 Å². The molecule has 30 heavy (non-hydrogen) atoms. The number of nitrogens with one attached hydrogen (secondary N) is 2. The Balaban J connectivity index is 1.36. The van der Waals surface area contributed by atoms with Crippen molar-refractivity contribution >= 4 is 5.96 Å². The SMILES string of the molecule is CN=C(NCCOc1ccccc1)NCc1ccc(CN2CCCN(C)CC2)cc1. The summed E-state index contributed by atoms with van der Waals surface area (Å²) in [6.07, 6.45) is 1.25. The number of hydrogen-bond acceptors (Lipinski definition) is 4. The third kappa shape index (κ3) is 7.69. The molecule has 0 bridgehead atoms. The summed E-state index contributed by atoms with van der Waals surface area (Å²) in [6, 6.07) is 18.8. The van der Waals surface area contributed by atoms with Gasteiger partial charge in [-0.05, 0) is 49.8 Å². The van der Waals surface area contributed by atoms with Gasteiger partial charge in [-0.15, -0.1) is 0 Å². The summed E-state index contributed by atoms with van der Waals surface area (Å²) >= 11 is 0. The number of ether oxygens (including phenoxy) is 1. The quantitative estimate of drug-likeness (QED) is 0.399. The van der Waals surface area contributed by atoms with Gasteiger partial charge in [0.25, 0.3) is 0 Å². The Bertz CT molecular complexity index is 763. The second kappa shape index (κ2) is 12.2. The van der Waals surface area contributed by atoms with E-state index in [9.17, 15) is 0 Å². The third-order valence-corrected chi connectivity index (χ3v) is 5.33. The Morgan fingerprint density at radius 3 is 2.47 bits per heavy atom. The molecular weight excluding hydrogens is 374 g/mol. The van der Waals surface area contributed by atoms with Gasteiger partial charge in [0, 0.05) is 33.2 Å². The fraction of sp³-hybridized carbons (Fsp3) is 0.458. The zero-order chi connectivity index (χ0) is 21.0. The highest BCUT2D eigenvalue weighted by Gasteiger charge is 2.12. The molecule has 3 rings (SSSR count). The molecule has 0 unspecified atom stereocenters. The minimum atomic E-state index is 0.589. The second-order valence-corrected chi connectivity index (χ2v) is 7.76. The monoisotopic (exact) mass is 409 g/mol. The first kappa shape index (κ1) is 22.1. The minimum Gasteiger partial charge on any atom is -0.492 e. The molecule has 0 atom stereocenters. The molecule has 1 saturated heterocycles. The maximum absolute atomic E-state index is 5.70. The van der Waals surface area contributed by atoms with Crippen molar-refractivity contribution in [2.24, 2.45) is 4.99 Å². The topological polar surface area (TPSA) is 52.1 Å². The first-order valence-corrected chi connectivity index (χ1v) is 10.8. The van der Waals surface area contributed by atoms with Gasteiger partial charge >= 0.3 is 0 Å². The highest BCUT2D eigenvalue weighted by atomic mass is 16.5. The van der Waals surface area contributed by atoms with E-state index in [1.165, 1.54) is 30.6 Å². The fourth-order valence-corrected chi connectivity index (χ4v) is 3.54. The normalized spacial score (nSPS) is 16.1. The van der Waals surface area contributed by atoms with Crippen molar-refractivity contribution in [2.75, 3.05) is 53.4 Å². The average molecular weight is 410 g/mol. The average Bonchev–Trinajstić information content (AvgIpc) is 2.99. The molecule has 0 radical (unpaired) electrons. The summed E-state index contributed by atoms with van der Waals surface area (Å²) in [4.78, 5) is 9.26. The van der Waals surface area contributed by atoms with Gasteiger partial charge in [-0.1, -0.05) is 42.5 Å². The van der Waals surface area contributed by atoms with Gasteiger partial charge < -0.3 is 20.3 Å². The van der Waals surface area contributed by atoms with E-state index in [1.807, 2.05) is 30.3 Å². The van der Waals surface area contributed by atoms with Crippen LogP contribution in [-0.2, 0) is 13.1 Å². The second-order valence-electron chi connectivity index (χ2n) is 7.76. The molecule has 0 saturated carbocycles. The van der Waals surface area contributed by atoms with E-state index in [4.69, 9.17) is 4.74 Å². The van der Waals surface area contributed by atoms with Crippen LogP contribution in [0.4, 0.5) is 0 Å². The lowest BCUT2D eigenvalue weighted by molar-refractivity contribution is 0.269. The molecule has 1 aliphatic rings. The van der Waals surface area contributed by atoms with E-state index in [2.05, 4.69) is 56.7 Å². The number of nitrogens with zero attached hydrogens (tertiary/aromatic N) is 3. The number of hydrogen-bond donors (Lipinski definition) is 2. The lowest BCUT2D eigenvalue weighted by Crippen LogP contribution is -2.38. The molecule has 6 nitrogen and oxygen atoms in total. The first-order valence-electron chi connectivity index (χ1n) is 10.8.